The summed E-state index contributed by atoms with van der Waals surface area (Å²) in [7, 11) is 1.65. The molecule has 0 aromatic heterocycles. The van der Waals surface area contributed by atoms with Gasteiger partial charge >= 0.3 is 0 Å². The minimum absolute atomic E-state index is 0.0320. The Labute approximate surface area is 204 Å². The van der Waals surface area contributed by atoms with Gasteiger partial charge in [0.05, 0.1) is 22.1 Å². The maximum Gasteiger partial charge on any atom is 0.246 e. The zero-order valence-electron chi connectivity index (χ0n) is 18.2. The molecule has 2 fully saturated rings. The molecule has 7 heteroatoms. The Bertz CT molecular complexity index is 984. The Balaban J connectivity index is 1.38. The van der Waals surface area contributed by atoms with Crippen molar-refractivity contribution >= 4 is 46.9 Å². The normalized spacial score (nSPS) is 17.9. The van der Waals surface area contributed by atoms with Crippen molar-refractivity contribution in [1.82, 2.24) is 9.80 Å². The number of ether oxygens (including phenoxy) is 1. The summed E-state index contributed by atoms with van der Waals surface area (Å²) in [6.07, 6.45) is 8.10. The Kier molecular flexibility index (Phi) is 8.06. The molecule has 2 aliphatic heterocycles. The van der Waals surface area contributed by atoms with Crippen LogP contribution in [0, 0.1) is 0 Å². The highest BCUT2D eigenvalue weighted by atomic mass is 35.5. The highest BCUT2D eigenvalue weighted by Gasteiger charge is 2.27. The molecule has 2 aromatic carbocycles. The number of rotatable bonds is 6. The number of hydrogen-bond donors (Lipinski definition) is 0. The van der Waals surface area contributed by atoms with E-state index in [-0.39, 0.29) is 5.91 Å². The van der Waals surface area contributed by atoms with Gasteiger partial charge in [-0.3, -0.25) is 4.79 Å². The van der Waals surface area contributed by atoms with Crippen molar-refractivity contribution < 1.29 is 9.53 Å². The number of methoxy groups -OCH3 is 1. The van der Waals surface area contributed by atoms with Crippen LogP contribution in [-0.4, -0.2) is 55.0 Å². The molecule has 1 amide bonds. The second-order valence-corrected chi connectivity index (χ2v) is 10.0. The summed E-state index contributed by atoms with van der Waals surface area (Å²) in [5.74, 6) is 0.817. The zero-order chi connectivity index (χ0) is 22.5. The Morgan fingerprint density at radius 1 is 1.00 bits per heavy atom. The van der Waals surface area contributed by atoms with E-state index < -0.39 is 0 Å². The Hall–Kier alpha value is -1.66. The number of hydrogen-bond acceptors (Lipinski definition) is 4. The molecule has 0 atom stereocenters. The van der Waals surface area contributed by atoms with Crippen molar-refractivity contribution in [2.75, 3.05) is 33.3 Å². The summed E-state index contributed by atoms with van der Waals surface area (Å²) in [5, 5.41) is 0.923. The summed E-state index contributed by atoms with van der Waals surface area (Å²) >= 11 is 14.6. The van der Waals surface area contributed by atoms with Gasteiger partial charge in [-0.2, -0.15) is 0 Å². The first-order valence-electron chi connectivity index (χ1n) is 11.1. The van der Waals surface area contributed by atoms with Gasteiger partial charge in [-0.05, 0) is 68.6 Å². The predicted octanol–water partition coefficient (Wildman–Crippen LogP) is 6.25. The lowest BCUT2D eigenvalue weighted by Gasteiger charge is -2.36. The predicted molar refractivity (Wildman–Crippen MR) is 133 cm³/mol. The van der Waals surface area contributed by atoms with Crippen LogP contribution in [-0.2, 0) is 4.79 Å². The second-order valence-electron chi connectivity index (χ2n) is 8.17. The third kappa shape index (κ3) is 5.45. The Morgan fingerprint density at radius 3 is 2.44 bits per heavy atom. The molecule has 2 aliphatic rings. The number of piperidine rings is 1. The van der Waals surface area contributed by atoms with Crippen molar-refractivity contribution in [2.24, 2.45) is 0 Å². The fourth-order valence-corrected chi connectivity index (χ4v) is 5.94. The lowest BCUT2D eigenvalue weighted by molar-refractivity contribution is -0.127. The number of nitrogens with zero attached hydrogens (tertiary/aromatic N) is 2. The number of halogens is 2. The molecule has 0 spiro atoms. The average Bonchev–Trinajstić information content (AvgIpc) is 3.37. The van der Waals surface area contributed by atoms with Crippen LogP contribution >= 0.6 is 35.0 Å². The maximum atomic E-state index is 12.7. The monoisotopic (exact) mass is 490 g/mol. The molecular weight excluding hydrogens is 463 g/mol. The van der Waals surface area contributed by atoms with Crippen LogP contribution in [0.25, 0.3) is 6.08 Å². The van der Waals surface area contributed by atoms with Crippen molar-refractivity contribution in [2.45, 2.75) is 41.5 Å². The summed E-state index contributed by atoms with van der Waals surface area (Å²) in [4.78, 5) is 19.0. The average molecular weight is 491 g/mol. The van der Waals surface area contributed by atoms with E-state index in [1.165, 1.54) is 37.7 Å². The van der Waals surface area contributed by atoms with Gasteiger partial charge in [0.15, 0.2) is 0 Å². The first-order chi connectivity index (χ1) is 15.6. The highest BCUT2D eigenvalue weighted by molar-refractivity contribution is 7.99. The summed E-state index contributed by atoms with van der Waals surface area (Å²) in [5.41, 5.74) is 0.737. The summed E-state index contributed by atoms with van der Waals surface area (Å²) in [6, 6.07) is 12.2. The fraction of sp³-hybridized carbons (Fsp3) is 0.400. The molecule has 0 saturated carbocycles. The van der Waals surface area contributed by atoms with Crippen molar-refractivity contribution in [1.29, 1.82) is 0 Å². The molecule has 4 nitrogen and oxygen atoms in total. The molecule has 2 aromatic rings. The minimum Gasteiger partial charge on any atom is -0.496 e. The van der Waals surface area contributed by atoms with Crippen molar-refractivity contribution in [3.63, 3.8) is 0 Å². The standard InChI is InChI=1S/C25H28Cl2N2O2S/c1-31-20-6-2-3-7-21(20)32-22-10-8-18(24(26)25(22)27)9-11-23(30)29-16-12-19(13-17-29)28-14-4-5-15-28/h2-3,6-11,19H,4-5,12-17H2,1H3/b11-9+. The number of benzene rings is 2. The molecule has 0 N–H and O–H groups in total. The van der Waals surface area contributed by atoms with E-state index >= 15 is 0 Å². The minimum atomic E-state index is 0.0320. The van der Waals surface area contributed by atoms with Gasteiger partial charge in [0, 0.05) is 30.1 Å². The number of amides is 1. The molecule has 170 valence electrons. The third-order valence-corrected chi connectivity index (χ3v) is 8.33. The second kappa shape index (κ2) is 11.0. The summed E-state index contributed by atoms with van der Waals surface area (Å²) in [6.45, 7) is 4.05. The number of para-hydroxylation sites is 1. The van der Waals surface area contributed by atoms with Gasteiger partial charge in [0.2, 0.25) is 5.91 Å². The number of carbonyl (C=O) groups excluding carboxylic acids is 1. The maximum absolute atomic E-state index is 12.7. The van der Waals surface area contributed by atoms with Crippen LogP contribution in [0.15, 0.2) is 52.3 Å². The summed E-state index contributed by atoms with van der Waals surface area (Å²) < 4.78 is 5.42. The van der Waals surface area contributed by atoms with Crippen LogP contribution in [0.1, 0.15) is 31.2 Å². The van der Waals surface area contributed by atoms with Crippen LogP contribution in [0.3, 0.4) is 0 Å². The molecule has 2 heterocycles. The third-order valence-electron chi connectivity index (χ3n) is 6.20. The van der Waals surface area contributed by atoms with Gasteiger partial charge in [0.1, 0.15) is 5.75 Å². The van der Waals surface area contributed by atoms with E-state index in [4.69, 9.17) is 27.9 Å². The van der Waals surface area contributed by atoms with Gasteiger partial charge in [0.25, 0.3) is 0 Å². The van der Waals surface area contributed by atoms with Crippen LogP contribution in [0.4, 0.5) is 0 Å². The van der Waals surface area contributed by atoms with E-state index in [0.29, 0.717) is 16.1 Å². The molecule has 4 rings (SSSR count). The zero-order valence-corrected chi connectivity index (χ0v) is 20.6. The number of carbonyl (C=O) groups is 1. The first kappa shape index (κ1) is 23.5. The molecule has 32 heavy (non-hydrogen) atoms. The molecule has 0 radical (unpaired) electrons. The van der Waals surface area contributed by atoms with Crippen LogP contribution < -0.4 is 4.74 Å². The smallest absolute Gasteiger partial charge is 0.246 e. The quantitative estimate of drug-likeness (QED) is 0.447. The van der Waals surface area contributed by atoms with Crippen LogP contribution in [0.5, 0.6) is 5.75 Å². The van der Waals surface area contributed by atoms with Gasteiger partial charge in [-0.1, -0.05) is 53.2 Å². The SMILES string of the molecule is COc1ccccc1Sc1ccc(/C=C/C(=O)N2CCC(N3CCCC3)CC2)c(Cl)c1Cl. The molecular formula is C25H28Cl2N2O2S. The largest absolute Gasteiger partial charge is 0.496 e. The van der Waals surface area contributed by atoms with Gasteiger partial charge < -0.3 is 14.5 Å². The molecule has 0 unspecified atom stereocenters. The molecule has 2 saturated heterocycles. The van der Waals surface area contributed by atoms with Crippen LogP contribution in [0.2, 0.25) is 10.0 Å². The van der Waals surface area contributed by atoms with Crippen molar-refractivity contribution in [3.05, 3.63) is 58.1 Å². The van der Waals surface area contributed by atoms with E-state index in [1.807, 2.05) is 41.3 Å². The molecule has 0 aliphatic carbocycles. The van der Waals surface area contributed by atoms with Crippen molar-refractivity contribution in [3.8, 4) is 5.75 Å². The Morgan fingerprint density at radius 2 is 1.72 bits per heavy atom. The van der Waals surface area contributed by atoms with E-state index in [2.05, 4.69) is 4.90 Å². The highest BCUT2D eigenvalue weighted by Crippen LogP contribution is 2.42. The molecule has 0 bridgehead atoms. The van der Waals surface area contributed by atoms with Gasteiger partial charge in [-0.15, -0.1) is 0 Å². The fourth-order valence-electron chi connectivity index (χ4n) is 4.40. The van der Waals surface area contributed by atoms with E-state index in [0.717, 1.165) is 47.0 Å². The first-order valence-corrected chi connectivity index (χ1v) is 12.6. The van der Waals surface area contributed by atoms with E-state index in [1.54, 1.807) is 19.3 Å². The van der Waals surface area contributed by atoms with Gasteiger partial charge in [-0.25, -0.2) is 0 Å². The topological polar surface area (TPSA) is 32.8 Å². The lowest BCUT2D eigenvalue weighted by atomic mass is 10.0. The van der Waals surface area contributed by atoms with E-state index in [9.17, 15) is 4.79 Å². The lowest BCUT2D eigenvalue weighted by Crippen LogP contribution is -2.45. The number of likely N-dealkylation sites (tertiary alicyclic amines) is 2.